The maximum Gasteiger partial charge on any atom is 0.225 e. The van der Waals surface area contributed by atoms with Gasteiger partial charge >= 0.3 is 0 Å². The van der Waals surface area contributed by atoms with Crippen molar-refractivity contribution in [2.75, 3.05) is 0 Å². The second-order valence-electron chi connectivity index (χ2n) is 6.26. The van der Waals surface area contributed by atoms with Crippen molar-refractivity contribution in [2.24, 2.45) is 5.73 Å². The standard InChI is InChI=1S/C19H21N5O/c1-12-8-13(2)16(14(3)9-12)10-19-22-18(11-17(20)25)23-24(19)15-4-6-21-7-5-15/h4-9H,10-11H2,1-3H3,(H2,20,25). The summed E-state index contributed by atoms with van der Waals surface area (Å²) in [4.78, 5) is 19.9. The first kappa shape index (κ1) is 16.8. The van der Waals surface area contributed by atoms with E-state index in [0.29, 0.717) is 12.2 Å². The van der Waals surface area contributed by atoms with Gasteiger partial charge in [-0.3, -0.25) is 9.78 Å². The highest BCUT2D eigenvalue weighted by Gasteiger charge is 2.16. The summed E-state index contributed by atoms with van der Waals surface area (Å²) in [7, 11) is 0. The van der Waals surface area contributed by atoms with Gasteiger partial charge < -0.3 is 5.73 Å². The first-order chi connectivity index (χ1) is 11.9. The average Bonchev–Trinajstić information content (AvgIpc) is 2.93. The predicted molar refractivity (Wildman–Crippen MR) is 95.5 cm³/mol. The van der Waals surface area contributed by atoms with E-state index in [1.165, 1.54) is 22.3 Å². The lowest BCUT2D eigenvalue weighted by molar-refractivity contribution is -0.117. The first-order valence-electron chi connectivity index (χ1n) is 8.14. The molecule has 0 aliphatic rings. The van der Waals surface area contributed by atoms with Crippen LogP contribution in [0.5, 0.6) is 0 Å². The van der Waals surface area contributed by atoms with Gasteiger partial charge in [-0.15, -0.1) is 0 Å². The van der Waals surface area contributed by atoms with Crippen molar-refractivity contribution in [3.63, 3.8) is 0 Å². The molecule has 3 aromatic rings. The predicted octanol–water partition coefficient (Wildman–Crippen LogP) is 2.21. The highest BCUT2D eigenvalue weighted by Crippen LogP contribution is 2.21. The lowest BCUT2D eigenvalue weighted by Crippen LogP contribution is -2.14. The van der Waals surface area contributed by atoms with Crippen molar-refractivity contribution in [1.29, 1.82) is 0 Å². The number of rotatable bonds is 5. The molecule has 2 aromatic heterocycles. The van der Waals surface area contributed by atoms with Crippen LogP contribution in [-0.4, -0.2) is 25.7 Å². The molecule has 0 fully saturated rings. The summed E-state index contributed by atoms with van der Waals surface area (Å²) < 4.78 is 1.76. The van der Waals surface area contributed by atoms with Crippen LogP contribution in [0, 0.1) is 20.8 Å². The normalized spacial score (nSPS) is 10.8. The third-order valence-corrected chi connectivity index (χ3v) is 4.13. The van der Waals surface area contributed by atoms with Gasteiger partial charge in [-0.2, -0.15) is 5.10 Å². The molecule has 0 atom stereocenters. The summed E-state index contributed by atoms with van der Waals surface area (Å²) in [6.07, 6.45) is 4.07. The Bertz CT molecular complexity index is 892. The van der Waals surface area contributed by atoms with Gasteiger partial charge in [-0.1, -0.05) is 17.7 Å². The molecule has 3 rings (SSSR count). The number of nitrogens with zero attached hydrogens (tertiary/aromatic N) is 4. The van der Waals surface area contributed by atoms with Crippen LogP contribution in [0.1, 0.15) is 33.9 Å². The summed E-state index contributed by atoms with van der Waals surface area (Å²) in [5.41, 5.74) is 11.1. The fraction of sp³-hybridized carbons (Fsp3) is 0.263. The molecule has 0 radical (unpaired) electrons. The molecule has 1 aromatic carbocycles. The van der Waals surface area contributed by atoms with E-state index in [1.54, 1.807) is 17.1 Å². The zero-order valence-corrected chi connectivity index (χ0v) is 14.7. The molecule has 25 heavy (non-hydrogen) atoms. The van der Waals surface area contributed by atoms with Crippen LogP contribution in [0.15, 0.2) is 36.7 Å². The monoisotopic (exact) mass is 335 g/mol. The topological polar surface area (TPSA) is 86.7 Å². The fourth-order valence-corrected chi connectivity index (χ4v) is 3.08. The third kappa shape index (κ3) is 3.74. The molecule has 0 saturated heterocycles. The number of carbonyl (C=O) groups excluding carboxylic acids is 1. The van der Waals surface area contributed by atoms with E-state index in [-0.39, 0.29) is 6.42 Å². The van der Waals surface area contributed by atoms with Crippen molar-refractivity contribution in [2.45, 2.75) is 33.6 Å². The molecule has 6 nitrogen and oxygen atoms in total. The summed E-state index contributed by atoms with van der Waals surface area (Å²) >= 11 is 0. The van der Waals surface area contributed by atoms with Crippen molar-refractivity contribution in [1.82, 2.24) is 19.7 Å². The molecule has 0 spiro atoms. The number of pyridine rings is 1. The Labute approximate surface area is 146 Å². The Balaban J connectivity index is 2.06. The summed E-state index contributed by atoms with van der Waals surface area (Å²) in [5.74, 6) is 0.764. The van der Waals surface area contributed by atoms with Crippen LogP contribution in [-0.2, 0) is 17.6 Å². The molecule has 2 heterocycles. The van der Waals surface area contributed by atoms with Gasteiger partial charge in [0.05, 0.1) is 12.1 Å². The van der Waals surface area contributed by atoms with Crippen molar-refractivity contribution in [3.05, 3.63) is 70.6 Å². The maximum atomic E-state index is 11.3. The fourth-order valence-electron chi connectivity index (χ4n) is 3.08. The van der Waals surface area contributed by atoms with Gasteiger partial charge in [-0.25, -0.2) is 9.67 Å². The molecule has 0 bridgehead atoms. The van der Waals surface area contributed by atoms with E-state index in [4.69, 9.17) is 5.73 Å². The van der Waals surface area contributed by atoms with Crippen molar-refractivity contribution >= 4 is 5.91 Å². The number of hydrogen-bond donors (Lipinski definition) is 1. The van der Waals surface area contributed by atoms with E-state index in [1.807, 2.05) is 12.1 Å². The van der Waals surface area contributed by atoms with Crippen LogP contribution in [0.25, 0.3) is 5.69 Å². The van der Waals surface area contributed by atoms with E-state index < -0.39 is 5.91 Å². The SMILES string of the molecule is Cc1cc(C)c(Cc2nc(CC(N)=O)nn2-c2ccncc2)c(C)c1. The second-order valence-corrected chi connectivity index (χ2v) is 6.26. The van der Waals surface area contributed by atoms with Gasteiger partial charge in [-0.05, 0) is 49.6 Å². The zero-order chi connectivity index (χ0) is 18.0. The highest BCUT2D eigenvalue weighted by atomic mass is 16.1. The van der Waals surface area contributed by atoms with Crippen LogP contribution < -0.4 is 5.73 Å². The Hall–Kier alpha value is -3.02. The van der Waals surface area contributed by atoms with Gasteiger partial charge in [0.25, 0.3) is 0 Å². The van der Waals surface area contributed by atoms with Gasteiger partial charge in [0.2, 0.25) is 5.91 Å². The number of hydrogen-bond acceptors (Lipinski definition) is 4. The lowest BCUT2D eigenvalue weighted by atomic mass is 9.97. The third-order valence-electron chi connectivity index (χ3n) is 4.13. The molecular weight excluding hydrogens is 314 g/mol. The molecular formula is C19H21N5O. The molecule has 6 heteroatoms. The van der Waals surface area contributed by atoms with E-state index in [9.17, 15) is 4.79 Å². The largest absolute Gasteiger partial charge is 0.369 e. The minimum Gasteiger partial charge on any atom is -0.369 e. The highest BCUT2D eigenvalue weighted by molar-refractivity contribution is 5.75. The van der Waals surface area contributed by atoms with Crippen LogP contribution in [0.4, 0.5) is 0 Å². The number of carbonyl (C=O) groups is 1. The average molecular weight is 335 g/mol. The smallest absolute Gasteiger partial charge is 0.225 e. The quantitative estimate of drug-likeness (QED) is 0.774. The van der Waals surface area contributed by atoms with Gasteiger partial charge in [0.1, 0.15) is 5.82 Å². The Morgan fingerprint density at radius 1 is 1.12 bits per heavy atom. The second kappa shape index (κ2) is 6.84. The summed E-state index contributed by atoms with van der Waals surface area (Å²) in [5, 5.41) is 4.47. The molecule has 0 aliphatic heterocycles. The van der Waals surface area contributed by atoms with Crippen LogP contribution in [0.3, 0.4) is 0 Å². The number of aromatic nitrogens is 4. The van der Waals surface area contributed by atoms with Gasteiger partial charge in [0.15, 0.2) is 5.82 Å². The van der Waals surface area contributed by atoms with Crippen molar-refractivity contribution in [3.8, 4) is 5.69 Å². The molecule has 0 aliphatic carbocycles. The number of primary amides is 1. The van der Waals surface area contributed by atoms with Crippen molar-refractivity contribution < 1.29 is 4.79 Å². The molecule has 0 unspecified atom stereocenters. The maximum absolute atomic E-state index is 11.3. The first-order valence-corrected chi connectivity index (χ1v) is 8.14. The van der Waals surface area contributed by atoms with Crippen LogP contribution in [0.2, 0.25) is 0 Å². The Morgan fingerprint density at radius 3 is 2.36 bits per heavy atom. The van der Waals surface area contributed by atoms with E-state index in [2.05, 4.69) is 48.0 Å². The lowest BCUT2D eigenvalue weighted by Gasteiger charge is -2.12. The Kier molecular flexibility index (Phi) is 4.61. The molecule has 128 valence electrons. The Morgan fingerprint density at radius 2 is 1.76 bits per heavy atom. The zero-order valence-electron chi connectivity index (χ0n) is 14.7. The summed E-state index contributed by atoms with van der Waals surface area (Å²) in [6, 6.07) is 8.06. The van der Waals surface area contributed by atoms with Crippen LogP contribution >= 0.6 is 0 Å². The molecule has 1 amide bonds. The minimum atomic E-state index is -0.443. The molecule has 0 saturated carbocycles. The number of aryl methyl sites for hydroxylation is 3. The van der Waals surface area contributed by atoms with E-state index >= 15 is 0 Å². The minimum absolute atomic E-state index is 0.0247. The van der Waals surface area contributed by atoms with Gasteiger partial charge in [0, 0.05) is 18.8 Å². The number of benzene rings is 1. The number of amides is 1. The number of nitrogens with two attached hydrogens (primary N) is 1. The summed E-state index contributed by atoms with van der Waals surface area (Å²) in [6.45, 7) is 6.30. The molecule has 2 N–H and O–H groups in total. The van der Waals surface area contributed by atoms with E-state index in [0.717, 1.165) is 11.5 Å².